The Morgan fingerprint density at radius 3 is 2.50 bits per heavy atom. The highest BCUT2D eigenvalue weighted by atomic mass is 19.1. The number of hydrogen-bond donors (Lipinski definition) is 2. The molecule has 0 radical (unpaired) electrons. The van der Waals surface area contributed by atoms with Crippen molar-refractivity contribution >= 4 is 17.4 Å². The van der Waals surface area contributed by atoms with Gasteiger partial charge >= 0.3 is 0 Å². The summed E-state index contributed by atoms with van der Waals surface area (Å²) in [6.07, 6.45) is 1.42. The largest absolute Gasteiger partial charge is 0.346 e. The Bertz CT molecular complexity index is 1240. The van der Waals surface area contributed by atoms with Crippen LogP contribution in [0.15, 0.2) is 85.2 Å². The van der Waals surface area contributed by atoms with Gasteiger partial charge in [-0.05, 0) is 49.7 Å². The third kappa shape index (κ3) is 5.16. The molecule has 4 aromatic rings. The van der Waals surface area contributed by atoms with Crippen molar-refractivity contribution in [1.82, 2.24) is 15.3 Å². The van der Waals surface area contributed by atoms with Crippen molar-refractivity contribution in [2.75, 3.05) is 5.32 Å². The van der Waals surface area contributed by atoms with Gasteiger partial charge in [-0.25, -0.2) is 14.4 Å². The van der Waals surface area contributed by atoms with E-state index in [4.69, 9.17) is 0 Å². The zero-order chi connectivity index (χ0) is 22.5. The number of hydrogen-bond acceptors (Lipinski definition) is 4. The smallest absolute Gasteiger partial charge is 0.251 e. The molecule has 3 aromatic carbocycles. The lowest BCUT2D eigenvalue weighted by Crippen LogP contribution is -2.26. The Kier molecular flexibility index (Phi) is 6.22. The van der Waals surface area contributed by atoms with Crippen LogP contribution in [-0.2, 0) is 0 Å². The van der Waals surface area contributed by atoms with Crippen LogP contribution in [0.5, 0.6) is 0 Å². The van der Waals surface area contributed by atoms with Gasteiger partial charge in [0.15, 0.2) is 0 Å². The molecule has 0 bridgehead atoms. The molecule has 2 N–H and O–H groups in total. The molecule has 0 aliphatic rings. The molecular weight excluding hydrogens is 403 g/mol. The highest BCUT2D eigenvalue weighted by Gasteiger charge is 2.12. The Morgan fingerprint density at radius 2 is 1.72 bits per heavy atom. The Hall–Kier alpha value is -4.06. The van der Waals surface area contributed by atoms with Crippen molar-refractivity contribution in [1.29, 1.82) is 0 Å². The molecule has 0 saturated carbocycles. The van der Waals surface area contributed by atoms with E-state index in [9.17, 15) is 9.18 Å². The first-order valence-corrected chi connectivity index (χ1v) is 10.3. The van der Waals surface area contributed by atoms with Crippen molar-refractivity contribution in [3.8, 4) is 11.3 Å². The number of nitrogens with zero attached hydrogens (tertiary/aromatic N) is 2. The molecule has 160 valence electrons. The molecule has 4 rings (SSSR count). The maximum Gasteiger partial charge on any atom is 0.251 e. The maximum absolute atomic E-state index is 13.5. The Balaban J connectivity index is 1.48. The monoisotopic (exact) mass is 426 g/mol. The van der Waals surface area contributed by atoms with E-state index >= 15 is 0 Å². The molecule has 0 aliphatic heterocycles. The van der Waals surface area contributed by atoms with Gasteiger partial charge in [0.1, 0.15) is 18.0 Å². The van der Waals surface area contributed by atoms with Crippen LogP contribution in [0, 0.1) is 12.7 Å². The zero-order valence-corrected chi connectivity index (χ0v) is 17.8. The van der Waals surface area contributed by atoms with Gasteiger partial charge in [-0.15, -0.1) is 0 Å². The summed E-state index contributed by atoms with van der Waals surface area (Å²) in [6.45, 7) is 3.99. The molecule has 1 heterocycles. The molecule has 1 atom stereocenters. The van der Waals surface area contributed by atoms with Gasteiger partial charge in [-0.1, -0.05) is 48.0 Å². The van der Waals surface area contributed by atoms with Crippen LogP contribution in [0.1, 0.15) is 34.5 Å². The molecule has 0 unspecified atom stereocenters. The highest BCUT2D eigenvalue weighted by Crippen LogP contribution is 2.22. The molecule has 0 fully saturated rings. The minimum absolute atomic E-state index is 0.115. The van der Waals surface area contributed by atoms with E-state index in [1.54, 1.807) is 30.3 Å². The van der Waals surface area contributed by atoms with E-state index in [1.807, 2.05) is 50.2 Å². The zero-order valence-electron chi connectivity index (χ0n) is 17.8. The fourth-order valence-corrected chi connectivity index (χ4v) is 3.34. The minimum Gasteiger partial charge on any atom is -0.346 e. The lowest BCUT2D eigenvalue weighted by molar-refractivity contribution is 0.0940. The summed E-state index contributed by atoms with van der Waals surface area (Å²) < 4.78 is 13.5. The van der Waals surface area contributed by atoms with Crippen LogP contribution < -0.4 is 10.6 Å². The second-order valence-corrected chi connectivity index (χ2v) is 7.61. The van der Waals surface area contributed by atoms with Crippen molar-refractivity contribution in [2.24, 2.45) is 0 Å². The number of aryl methyl sites for hydroxylation is 1. The van der Waals surface area contributed by atoms with Gasteiger partial charge in [0.05, 0.1) is 11.7 Å². The molecule has 0 aliphatic carbocycles. The molecule has 32 heavy (non-hydrogen) atoms. The number of aromatic nitrogens is 2. The second-order valence-electron chi connectivity index (χ2n) is 7.61. The quantitative estimate of drug-likeness (QED) is 0.407. The molecule has 0 spiro atoms. The van der Waals surface area contributed by atoms with Crippen molar-refractivity contribution in [2.45, 2.75) is 19.9 Å². The number of nitrogens with one attached hydrogen (secondary N) is 2. The summed E-state index contributed by atoms with van der Waals surface area (Å²) in [5.41, 5.74) is 4.73. The van der Waals surface area contributed by atoms with E-state index in [2.05, 4.69) is 20.6 Å². The van der Waals surface area contributed by atoms with E-state index in [1.165, 1.54) is 24.0 Å². The third-order valence-electron chi connectivity index (χ3n) is 5.11. The topological polar surface area (TPSA) is 66.9 Å². The Morgan fingerprint density at radius 1 is 0.938 bits per heavy atom. The molecule has 6 heteroatoms. The predicted octanol–water partition coefficient (Wildman–Crippen LogP) is 5.83. The average molecular weight is 426 g/mol. The van der Waals surface area contributed by atoms with Crippen molar-refractivity contribution < 1.29 is 9.18 Å². The summed E-state index contributed by atoms with van der Waals surface area (Å²) in [5, 5.41) is 6.22. The van der Waals surface area contributed by atoms with E-state index in [0.717, 1.165) is 5.56 Å². The lowest BCUT2D eigenvalue weighted by Gasteiger charge is -2.15. The minimum atomic E-state index is -0.325. The van der Waals surface area contributed by atoms with Crippen LogP contribution in [-0.4, -0.2) is 15.9 Å². The maximum atomic E-state index is 13.5. The fourth-order valence-electron chi connectivity index (χ4n) is 3.34. The molecular formula is C26H23FN4O. The molecule has 1 amide bonds. The number of halogens is 1. The number of benzene rings is 3. The number of anilines is 2. The average Bonchev–Trinajstić information content (AvgIpc) is 2.80. The number of rotatable bonds is 6. The third-order valence-corrected chi connectivity index (χ3v) is 5.11. The number of amides is 1. The van der Waals surface area contributed by atoms with Crippen LogP contribution in [0.25, 0.3) is 11.3 Å². The lowest BCUT2D eigenvalue weighted by atomic mass is 10.1. The van der Waals surface area contributed by atoms with Gasteiger partial charge in [-0.3, -0.25) is 4.79 Å². The second kappa shape index (κ2) is 9.39. The van der Waals surface area contributed by atoms with Gasteiger partial charge < -0.3 is 10.6 Å². The van der Waals surface area contributed by atoms with Gasteiger partial charge in [-0.2, -0.15) is 0 Å². The van der Waals surface area contributed by atoms with Gasteiger partial charge in [0.25, 0.3) is 5.91 Å². The first-order chi connectivity index (χ1) is 15.5. The summed E-state index contributed by atoms with van der Waals surface area (Å²) in [6, 6.07) is 23.1. The van der Waals surface area contributed by atoms with E-state index in [-0.39, 0.29) is 17.8 Å². The van der Waals surface area contributed by atoms with Crippen LogP contribution in [0.4, 0.5) is 15.9 Å². The van der Waals surface area contributed by atoms with Gasteiger partial charge in [0, 0.05) is 22.9 Å². The van der Waals surface area contributed by atoms with Crippen molar-refractivity contribution in [3.63, 3.8) is 0 Å². The normalized spacial score (nSPS) is 11.6. The first kappa shape index (κ1) is 21.2. The number of carbonyl (C=O) groups excluding carboxylic acids is 1. The SMILES string of the molecule is Cc1ccc([C@H](C)NC(=O)c2cccc(Nc3cc(-c4cccc(F)c4)ncn3)c2)cc1. The molecule has 5 nitrogen and oxygen atoms in total. The van der Waals surface area contributed by atoms with Crippen molar-refractivity contribution in [3.05, 3.63) is 108 Å². The predicted molar refractivity (Wildman–Crippen MR) is 124 cm³/mol. The summed E-state index contributed by atoms with van der Waals surface area (Å²) in [7, 11) is 0. The fraction of sp³-hybridized carbons (Fsp3) is 0.115. The molecule has 0 saturated heterocycles. The van der Waals surface area contributed by atoms with E-state index < -0.39 is 0 Å². The summed E-state index contributed by atoms with van der Waals surface area (Å²) in [4.78, 5) is 21.2. The van der Waals surface area contributed by atoms with Crippen LogP contribution in [0.3, 0.4) is 0 Å². The first-order valence-electron chi connectivity index (χ1n) is 10.3. The number of carbonyl (C=O) groups is 1. The summed E-state index contributed by atoms with van der Waals surface area (Å²) in [5.74, 6) is 0.0592. The Labute approximate surface area is 186 Å². The molecule has 1 aromatic heterocycles. The van der Waals surface area contributed by atoms with Gasteiger partial charge in [0.2, 0.25) is 0 Å². The highest BCUT2D eigenvalue weighted by molar-refractivity contribution is 5.95. The summed E-state index contributed by atoms with van der Waals surface area (Å²) >= 11 is 0. The van der Waals surface area contributed by atoms with E-state index in [0.29, 0.717) is 28.3 Å². The van der Waals surface area contributed by atoms with Crippen LogP contribution in [0.2, 0.25) is 0 Å². The van der Waals surface area contributed by atoms with Crippen LogP contribution >= 0.6 is 0 Å². The standard InChI is InChI=1S/C26H23FN4O/c1-17-9-11-19(12-10-17)18(2)30-26(32)21-6-4-8-23(14-21)31-25-15-24(28-16-29-25)20-5-3-7-22(27)13-20/h3-16,18H,1-2H3,(H,30,32)(H,28,29,31)/t18-/m0/s1.